The van der Waals surface area contributed by atoms with E-state index < -0.39 is 5.41 Å². The molecule has 0 aromatic heterocycles. The van der Waals surface area contributed by atoms with Crippen molar-refractivity contribution in [1.29, 1.82) is 0 Å². The Kier molecular flexibility index (Phi) is 6.57. The standard InChI is InChI=1S/C55H41N/c1-54(2)48-22-9-5-18-42(48)46-30-28-38(33-52(46)54)56(37-15-13-14-36(32-37)41-17-4-3-16-40(41)35-26-27-35)39-29-31-47-45-21-8-12-25-51(45)55(53(47)34-39)49-23-10-6-19-43(49)44-20-7-11-24-50(44)55/h3-25,28-35H,26-27H2,1-2H3. The number of fused-ring (bicyclic) bond motifs is 13. The highest BCUT2D eigenvalue weighted by molar-refractivity contribution is 5.96. The number of benzene rings is 8. The van der Waals surface area contributed by atoms with Gasteiger partial charge >= 0.3 is 0 Å². The highest BCUT2D eigenvalue weighted by Gasteiger charge is 2.51. The van der Waals surface area contributed by atoms with Crippen molar-refractivity contribution in [2.24, 2.45) is 0 Å². The summed E-state index contributed by atoms with van der Waals surface area (Å²) in [6.07, 6.45) is 2.56. The van der Waals surface area contributed by atoms with Gasteiger partial charge in [-0.1, -0.05) is 159 Å². The highest BCUT2D eigenvalue weighted by atomic mass is 15.1. The van der Waals surface area contributed by atoms with E-state index in [0.29, 0.717) is 5.92 Å². The molecule has 4 aliphatic carbocycles. The van der Waals surface area contributed by atoms with E-state index >= 15 is 0 Å². The molecule has 0 unspecified atom stereocenters. The third-order valence-electron chi connectivity index (χ3n) is 13.5. The molecule has 0 amide bonds. The van der Waals surface area contributed by atoms with E-state index in [-0.39, 0.29) is 5.41 Å². The van der Waals surface area contributed by atoms with Crippen LogP contribution in [0.4, 0.5) is 17.1 Å². The molecule has 12 rings (SSSR count). The van der Waals surface area contributed by atoms with Crippen LogP contribution in [-0.2, 0) is 10.8 Å². The first kappa shape index (κ1) is 31.9. The second-order valence-corrected chi connectivity index (χ2v) is 16.8. The van der Waals surface area contributed by atoms with Crippen LogP contribution in [0.25, 0.3) is 44.5 Å². The molecule has 56 heavy (non-hydrogen) atoms. The normalized spacial score (nSPS) is 15.8. The summed E-state index contributed by atoms with van der Waals surface area (Å²) in [5.41, 5.74) is 23.3. The Morgan fingerprint density at radius 2 is 0.821 bits per heavy atom. The fourth-order valence-electron chi connectivity index (χ4n) is 10.8. The summed E-state index contributed by atoms with van der Waals surface area (Å²) in [5, 5.41) is 0. The second-order valence-electron chi connectivity index (χ2n) is 16.8. The minimum Gasteiger partial charge on any atom is -0.310 e. The predicted molar refractivity (Wildman–Crippen MR) is 232 cm³/mol. The van der Waals surface area contributed by atoms with E-state index in [0.717, 1.165) is 5.69 Å². The Bertz CT molecular complexity index is 2860. The number of hydrogen-bond acceptors (Lipinski definition) is 1. The Labute approximate surface area is 329 Å². The average Bonchev–Trinajstić information content (AvgIpc) is 3.96. The fraction of sp³-hybridized carbons (Fsp3) is 0.127. The average molecular weight is 716 g/mol. The van der Waals surface area contributed by atoms with Crippen molar-refractivity contribution >= 4 is 17.1 Å². The Morgan fingerprint density at radius 1 is 0.375 bits per heavy atom. The summed E-state index contributed by atoms with van der Waals surface area (Å²) in [4.78, 5) is 2.52. The van der Waals surface area contributed by atoms with Crippen molar-refractivity contribution in [1.82, 2.24) is 0 Å². The predicted octanol–water partition coefficient (Wildman–Crippen LogP) is 14.4. The zero-order valence-corrected chi connectivity index (χ0v) is 31.8. The van der Waals surface area contributed by atoms with Gasteiger partial charge in [-0.25, -0.2) is 0 Å². The Balaban J connectivity index is 1.11. The molecule has 0 heterocycles. The molecule has 1 saturated carbocycles. The minimum absolute atomic E-state index is 0.112. The SMILES string of the molecule is CC1(C)c2ccccc2-c2ccc(N(c3cccc(-c4ccccc4C4CC4)c3)c3ccc4c(c3)C3(c5ccccc5-c5ccccc53)c3ccccc3-4)cc21. The fourth-order valence-corrected chi connectivity index (χ4v) is 10.8. The number of nitrogens with zero attached hydrogens (tertiary/aromatic N) is 1. The van der Waals surface area contributed by atoms with Crippen LogP contribution in [0.15, 0.2) is 182 Å². The monoisotopic (exact) mass is 715 g/mol. The van der Waals surface area contributed by atoms with E-state index in [1.165, 1.54) is 108 Å². The molecule has 0 atom stereocenters. The minimum atomic E-state index is -0.409. The molecule has 8 aromatic rings. The number of anilines is 3. The Hall–Kier alpha value is -6.44. The first-order chi connectivity index (χ1) is 27.5. The zero-order valence-electron chi connectivity index (χ0n) is 31.8. The lowest BCUT2D eigenvalue weighted by atomic mass is 9.70. The van der Waals surface area contributed by atoms with Gasteiger partial charge in [0, 0.05) is 22.5 Å². The molecule has 266 valence electrons. The van der Waals surface area contributed by atoms with Gasteiger partial charge in [-0.3, -0.25) is 0 Å². The van der Waals surface area contributed by atoms with Gasteiger partial charge < -0.3 is 4.90 Å². The van der Waals surface area contributed by atoms with Gasteiger partial charge in [0.2, 0.25) is 0 Å². The topological polar surface area (TPSA) is 3.24 Å². The van der Waals surface area contributed by atoms with Crippen LogP contribution >= 0.6 is 0 Å². The molecule has 0 bridgehead atoms. The second kappa shape index (κ2) is 11.5. The molecular formula is C55H41N. The lowest BCUT2D eigenvalue weighted by molar-refractivity contribution is 0.660. The quantitative estimate of drug-likeness (QED) is 0.171. The summed E-state index contributed by atoms with van der Waals surface area (Å²) < 4.78 is 0. The van der Waals surface area contributed by atoms with Crippen LogP contribution in [0.1, 0.15) is 71.6 Å². The third-order valence-corrected chi connectivity index (χ3v) is 13.5. The molecule has 1 nitrogen and oxygen atoms in total. The van der Waals surface area contributed by atoms with E-state index in [4.69, 9.17) is 0 Å². The van der Waals surface area contributed by atoms with Crippen molar-refractivity contribution in [3.63, 3.8) is 0 Å². The number of hydrogen-bond donors (Lipinski definition) is 0. The van der Waals surface area contributed by atoms with Gasteiger partial charge in [0.15, 0.2) is 0 Å². The van der Waals surface area contributed by atoms with Gasteiger partial charge in [0.25, 0.3) is 0 Å². The largest absolute Gasteiger partial charge is 0.310 e. The molecular weight excluding hydrogens is 675 g/mol. The molecule has 4 aliphatic rings. The molecule has 0 saturated heterocycles. The molecule has 0 N–H and O–H groups in total. The van der Waals surface area contributed by atoms with Crippen molar-refractivity contribution in [2.45, 2.75) is 43.4 Å². The molecule has 1 spiro atoms. The number of rotatable bonds is 5. The summed E-state index contributed by atoms with van der Waals surface area (Å²) in [7, 11) is 0. The third kappa shape index (κ3) is 4.26. The van der Waals surface area contributed by atoms with Gasteiger partial charge in [-0.05, 0) is 139 Å². The first-order valence-electron chi connectivity index (χ1n) is 20.2. The van der Waals surface area contributed by atoms with Crippen molar-refractivity contribution in [3.8, 4) is 44.5 Å². The Morgan fingerprint density at radius 3 is 1.41 bits per heavy atom. The molecule has 0 radical (unpaired) electrons. The first-order valence-corrected chi connectivity index (χ1v) is 20.2. The van der Waals surface area contributed by atoms with E-state index in [2.05, 4.69) is 201 Å². The van der Waals surface area contributed by atoms with Gasteiger partial charge in [-0.15, -0.1) is 0 Å². The molecule has 1 fully saturated rings. The maximum Gasteiger partial charge on any atom is 0.0726 e. The van der Waals surface area contributed by atoms with Crippen LogP contribution in [0.5, 0.6) is 0 Å². The van der Waals surface area contributed by atoms with Gasteiger partial charge in [0.05, 0.1) is 5.41 Å². The van der Waals surface area contributed by atoms with Crippen molar-refractivity contribution < 1.29 is 0 Å². The summed E-state index contributed by atoms with van der Waals surface area (Å²) in [6, 6.07) is 69.0. The van der Waals surface area contributed by atoms with E-state index in [1.807, 2.05) is 0 Å². The summed E-state index contributed by atoms with van der Waals surface area (Å²) in [6.45, 7) is 4.76. The van der Waals surface area contributed by atoms with Gasteiger partial charge in [0.1, 0.15) is 0 Å². The van der Waals surface area contributed by atoms with E-state index in [9.17, 15) is 0 Å². The smallest absolute Gasteiger partial charge is 0.0726 e. The van der Waals surface area contributed by atoms with Crippen LogP contribution < -0.4 is 4.90 Å². The molecule has 8 aromatic carbocycles. The summed E-state index contributed by atoms with van der Waals surface area (Å²) >= 11 is 0. The van der Waals surface area contributed by atoms with Crippen LogP contribution in [-0.4, -0.2) is 0 Å². The maximum absolute atomic E-state index is 2.52. The lowest BCUT2D eigenvalue weighted by Crippen LogP contribution is -2.26. The van der Waals surface area contributed by atoms with E-state index in [1.54, 1.807) is 0 Å². The van der Waals surface area contributed by atoms with Gasteiger partial charge in [-0.2, -0.15) is 0 Å². The lowest BCUT2D eigenvalue weighted by Gasteiger charge is -2.32. The maximum atomic E-state index is 2.52. The van der Waals surface area contributed by atoms with Crippen LogP contribution in [0, 0.1) is 0 Å². The van der Waals surface area contributed by atoms with Crippen LogP contribution in [0.2, 0.25) is 0 Å². The van der Waals surface area contributed by atoms with Crippen molar-refractivity contribution in [3.05, 3.63) is 221 Å². The highest BCUT2D eigenvalue weighted by Crippen LogP contribution is 2.63. The molecule has 0 aliphatic heterocycles. The van der Waals surface area contributed by atoms with Crippen LogP contribution in [0.3, 0.4) is 0 Å². The molecule has 1 heteroatoms. The summed E-state index contributed by atoms with van der Waals surface area (Å²) in [5.74, 6) is 0.665. The zero-order chi connectivity index (χ0) is 37.2. The van der Waals surface area contributed by atoms with Crippen molar-refractivity contribution in [2.75, 3.05) is 4.90 Å².